The van der Waals surface area contributed by atoms with Gasteiger partial charge in [-0.25, -0.2) is 9.78 Å². The molecule has 0 fully saturated rings. The molecule has 0 aliphatic heterocycles. The van der Waals surface area contributed by atoms with Crippen LogP contribution in [-0.2, 0) is 17.6 Å². The van der Waals surface area contributed by atoms with Crippen LogP contribution in [0.2, 0.25) is 5.02 Å². The van der Waals surface area contributed by atoms with E-state index in [1.165, 1.54) is 0 Å². The van der Waals surface area contributed by atoms with Gasteiger partial charge >= 0.3 is 11.9 Å². The quantitative estimate of drug-likeness (QED) is 0.407. The molecule has 0 saturated heterocycles. The highest BCUT2D eigenvalue weighted by Gasteiger charge is 2.51. The molecule has 1 aromatic heterocycles. The molecule has 0 aliphatic carbocycles. The number of aryl methyl sites for hydroxylation is 2. The van der Waals surface area contributed by atoms with E-state index in [0.717, 1.165) is 32.3 Å². The summed E-state index contributed by atoms with van der Waals surface area (Å²) in [6.45, 7) is 3.83. The Morgan fingerprint density at radius 1 is 1.03 bits per heavy atom. The number of nitrogens with zero attached hydrogens (tertiary/aromatic N) is 2. The number of Topliss-reactive ketones (excluding diaryl/α,β-unsaturated/α-hetero) is 1. The van der Waals surface area contributed by atoms with Gasteiger partial charge in [-0.15, -0.1) is 0 Å². The maximum atomic E-state index is 13.1. The molecule has 1 N–H and O–H groups in total. The van der Waals surface area contributed by atoms with Crippen LogP contribution in [0.1, 0.15) is 44.7 Å². The number of benzene rings is 2. The molecular formula is C25H25ClF3N3O2. The minimum absolute atomic E-state index is 0.0871. The molecule has 9 heteroatoms. The Balaban J connectivity index is 1.91. The van der Waals surface area contributed by atoms with Gasteiger partial charge in [0.1, 0.15) is 17.0 Å². The number of carbonyl (C=O) groups excluding carboxylic acids is 1. The highest BCUT2D eigenvalue weighted by atomic mass is 35.5. The van der Waals surface area contributed by atoms with Crippen LogP contribution in [0.4, 0.5) is 13.2 Å². The fourth-order valence-electron chi connectivity index (χ4n) is 3.43. The second-order valence-corrected chi connectivity index (χ2v) is 9.04. The van der Waals surface area contributed by atoms with Gasteiger partial charge in [0.25, 0.3) is 0 Å². The van der Waals surface area contributed by atoms with Crippen LogP contribution < -0.4 is 5.69 Å². The first-order valence-corrected chi connectivity index (χ1v) is 11.3. The van der Waals surface area contributed by atoms with E-state index in [9.17, 15) is 22.8 Å². The standard InChI is InChI=1S/C25H25ClF3N3O2/c1-4-6-15-7-5-8-17(13-15)21-30-22(32-23(34)31-21)18-14-16(9-11-19(18)26)10-12-20(33)24(2,3)25(27,28)29/h5,7-9,11,13-14H,4,6,10,12H2,1-3H3,(H,30,31,32,34). The lowest BCUT2D eigenvalue weighted by Crippen LogP contribution is -2.39. The molecule has 0 spiro atoms. The molecule has 0 saturated carbocycles. The van der Waals surface area contributed by atoms with Gasteiger partial charge in [-0.3, -0.25) is 9.78 Å². The number of nitrogens with one attached hydrogen (secondary N) is 1. The Morgan fingerprint density at radius 2 is 1.74 bits per heavy atom. The van der Waals surface area contributed by atoms with Crippen LogP contribution in [0.5, 0.6) is 0 Å². The van der Waals surface area contributed by atoms with Crippen molar-refractivity contribution < 1.29 is 18.0 Å². The van der Waals surface area contributed by atoms with E-state index in [4.69, 9.17) is 11.6 Å². The summed E-state index contributed by atoms with van der Waals surface area (Å²) in [4.78, 5) is 35.5. The van der Waals surface area contributed by atoms with E-state index in [-0.39, 0.29) is 24.5 Å². The summed E-state index contributed by atoms with van der Waals surface area (Å²) in [5, 5.41) is 0.297. The van der Waals surface area contributed by atoms with E-state index in [1.807, 2.05) is 24.3 Å². The van der Waals surface area contributed by atoms with Gasteiger partial charge in [-0.2, -0.15) is 18.2 Å². The summed E-state index contributed by atoms with van der Waals surface area (Å²) in [6, 6.07) is 12.4. The summed E-state index contributed by atoms with van der Waals surface area (Å²) >= 11 is 6.34. The fourth-order valence-corrected chi connectivity index (χ4v) is 3.64. The lowest BCUT2D eigenvalue weighted by Gasteiger charge is -2.26. The Kier molecular flexibility index (Phi) is 7.60. The molecular weight excluding hydrogens is 467 g/mol. The molecule has 3 aromatic rings. The zero-order valence-corrected chi connectivity index (χ0v) is 19.8. The Hall–Kier alpha value is -3.00. The van der Waals surface area contributed by atoms with Crippen molar-refractivity contribution in [1.82, 2.24) is 15.0 Å². The second kappa shape index (κ2) is 10.1. The number of hydrogen-bond donors (Lipinski definition) is 1. The van der Waals surface area contributed by atoms with Crippen molar-refractivity contribution in [2.45, 2.75) is 52.6 Å². The van der Waals surface area contributed by atoms with Crippen molar-refractivity contribution in [3.8, 4) is 22.8 Å². The largest absolute Gasteiger partial charge is 0.400 e. The van der Waals surface area contributed by atoms with E-state index < -0.39 is 23.1 Å². The molecule has 180 valence electrons. The van der Waals surface area contributed by atoms with Crippen molar-refractivity contribution in [3.63, 3.8) is 0 Å². The minimum atomic E-state index is -4.62. The van der Waals surface area contributed by atoms with E-state index in [1.54, 1.807) is 18.2 Å². The molecule has 0 aliphatic rings. The van der Waals surface area contributed by atoms with Gasteiger partial charge in [0, 0.05) is 17.5 Å². The van der Waals surface area contributed by atoms with Gasteiger partial charge < -0.3 is 0 Å². The molecule has 0 atom stereocenters. The van der Waals surface area contributed by atoms with Gasteiger partial charge in [0.05, 0.1) is 5.02 Å². The molecule has 0 amide bonds. The molecule has 5 nitrogen and oxygen atoms in total. The maximum absolute atomic E-state index is 13.1. The summed E-state index contributed by atoms with van der Waals surface area (Å²) in [7, 11) is 0. The molecule has 34 heavy (non-hydrogen) atoms. The summed E-state index contributed by atoms with van der Waals surface area (Å²) < 4.78 is 39.4. The number of carbonyl (C=O) groups is 1. The van der Waals surface area contributed by atoms with E-state index >= 15 is 0 Å². The van der Waals surface area contributed by atoms with Crippen molar-refractivity contribution in [1.29, 1.82) is 0 Å². The third-order valence-electron chi connectivity index (χ3n) is 5.71. The molecule has 1 heterocycles. The molecule has 3 rings (SSSR count). The minimum Gasteiger partial charge on any atom is -0.299 e. The third-order valence-corrected chi connectivity index (χ3v) is 6.04. The smallest absolute Gasteiger partial charge is 0.299 e. The zero-order valence-electron chi connectivity index (χ0n) is 19.1. The number of halogens is 4. The predicted molar refractivity (Wildman–Crippen MR) is 126 cm³/mol. The second-order valence-electron chi connectivity index (χ2n) is 8.64. The van der Waals surface area contributed by atoms with Crippen molar-refractivity contribution in [2.24, 2.45) is 5.41 Å². The number of hydrogen-bond acceptors (Lipinski definition) is 4. The number of aromatic nitrogens is 3. The van der Waals surface area contributed by atoms with E-state index in [0.29, 0.717) is 21.7 Å². The van der Waals surface area contributed by atoms with Gasteiger partial charge in [0.2, 0.25) is 0 Å². The third kappa shape index (κ3) is 5.73. The highest BCUT2D eigenvalue weighted by Crippen LogP contribution is 2.39. The number of aromatic amines is 1. The first-order valence-electron chi connectivity index (χ1n) is 10.9. The average molecular weight is 492 g/mol. The van der Waals surface area contributed by atoms with Crippen LogP contribution in [0.3, 0.4) is 0 Å². The molecule has 2 aromatic carbocycles. The number of ketones is 1. The Labute approximate surface area is 200 Å². The van der Waals surface area contributed by atoms with Crippen LogP contribution in [-0.4, -0.2) is 26.9 Å². The predicted octanol–water partition coefficient (Wildman–Crippen LogP) is 6.20. The summed E-state index contributed by atoms with van der Waals surface area (Å²) in [6.07, 6.45) is -2.98. The molecule has 0 radical (unpaired) electrons. The number of H-pyrrole nitrogens is 1. The highest BCUT2D eigenvalue weighted by molar-refractivity contribution is 6.33. The van der Waals surface area contributed by atoms with Crippen LogP contribution in [0.15, 0.2) is 47.3 Å². The van der Waals surface area contributed by atoms with Crippen LogP contribution >= 0.6 is 11.6 Å². The first kappa shape index (κ1) is 25.6. The fraction of sp³-hybridized carbons (Fsp3) is 0.360. The first-order chi connectivity index (χ1) is 15.9. The molecule has 0 bridgehead atoms. The van der Waals surface area contributed by atoms with Crippen molar-refractivity contribution in [2.75, 3.05) is 0 Å². The van der Waals surface area contributed by atoms with E-state index in [2.05, 4.69) is 21.9 Å². The Morgan fingerprint density at radius 3 is 2.41 bits per heavy atom. The zero-order chi connectivity index (χ0) is 25.1. The van der Waals surface area contributed by atoms with Gasteiger partial charge in [-0.05, 0) is 56.0 Å². The monoisotopic (exact) mass is 491 g/mol. The molecule has 0 unspecified atom stereocenters. The van der Waals surface area contributed by atoms with Crippen LogP contribution in [0.25, 0.3) is 22.8 Å². The lowest BCUT2D eigenvalue weighted by molar-refractivity contribution is -0.210. The Bertz CT molecular complexity index is 1250. The summed E-state index contributed by atoms with van der Waals surface area (Å²) in [5.74, 6) is -0.480. The van der Waals surface area contributed by atoms with Crippen molar-refractivity contribution in [3.05, 3.63) is 69.1 Å². The van der Waals surface area contributed by atoms with Crippen LogP contribution in [0, 0.1) is 5.41 Å². The van der Waals surface area contributed by atoms with Gasteiger partial charge in [-0.1, -0.05) is 49.2 Å². The average Bonchev–Trinajstić information content (AvgIpc) is 2.77. The number of rotatable bonds is 8. The SMILES string of the molecule is CCCc1cccc(-c2nc(-c3cc(CCC(=O)C(C)(C)C(F)(F)F)ccc3Cl)[nH]c(=O)n2)c1. The normalized spacial score (nSPS) is 12.1. The van der Waals surface area contributed by atoms with Crippen molar-refractivity contribution >= 4 is 17.4 Å². The topological polar surface area (TPSA) is 75.7 Å². The number of alkyl halides is 3. The lowest BCUT2D eigenvalue weighted by atomic mass is 9.84. The maximum Gasteiger partial charge on any atom is 0.400 e. The summed E-state index contributed by atoms with van der Waals surface area (Å²) in [5.41, 5.74) is -0.266. The van der Waals surface area contributed by atoms with Gasteiger partial charge in [0.15, 0.2) is 5.82 Å².